The van der Waals surface area contributed by atoms with Crippen molar-refractivity contribution >= 4 is 23.2 Å². The molecule has 0 aliphatic carbocycles. The van der Waals surface area contributed by atoms with Crippen LogP contribution in [0.4, 0.5) is 0 Å². The molecule has 0 aliphatic heterocycles. The van der Waals surface area contributed by atoms with Gasteiger partial charge in [-0.1, -0.05) is 29.3 Å². The third kappa shape index (κ3) is 3.50. The zero-order valence-electron chi connectivity index (χ0n) is 9.07. The molecular weight excluding hydrogens is 259 g/mol. The number of rotatable bonds is 4. The van der Waals surface area contributed by atoms with E-state index < -0.39 is 6.10 Å². The first-order valence-electron chi connectivity index (χ1n) is 5.29. The fourth-order valence-electron chi connectivity index (χ4n) is 1.67. The standard InChI is InChI=1S/C13H12Cl2O2/c14-10-4-3-9(13(15)7-10)6-11(16)8-12-2-1-5-17-12/h1-5,7,11,16H,6,8H2. The van der Waals surface area contributed by atoms with Crippen LogP contribution in [0.25, 0.3) is 0 Å². The van der Waals surface area contributed by atoms with Gasteiger partial charge in [0.1, 0.15) is 5.76 Å². The van der Waals surface area contributed by atoms with Crippen molar-refractivity contribution < 1.29 is 9.52 Å². The molecule has 0 amide bonds. The first-order chi connectivity index (χ1) is 8.15. The molecule has 1 atom stereocenters. The third-order valence-corrected chi connectivity index (χ3v) is 3.07. The topological polar surface area (TPSA) is 33.4 Å². The lowest BCUT2D eigenvalue weighted by molar-refractivity contribution is 0.168. The van der Waals surface area contributed by atoms with Crippen LogP contribution in [0.3, 0.4) is 0 Å². The largest absolute Gasteiger partial charge is 0.469 e. The summed E-state index contributed by atoms with van der Waals surface area (Å²) in [7, 11) is 0. The Kier molecular flexibility index (Phi) is 4.11. The number of benzene rings is 1. The summed E-state index contributed by atoms with van der Waals surface area (Å²) in [6, 6.07) is 8.92. The van der Waals surface area contributed by atoms with Crippen LogP contribution in [0.1, 0.15) is 11.3 Å². The van der Waals surface area contributed by atoms with Gasteiger partial charge in [-0.15, -0.1) is 0 Å². The summed E-state index contributed by atoms with van der Waals surface area (Å²) in [5.41, 5.74) is 0.884. The molecule has 1 aromatic carbocycles. The van der Waals surface area contributed by atoms with Gasteiger partial charge in [-0.25, -0.2) is 0 Å². The summed E-state index contributed by atoms with van der Waals surface area (Å²) in [5.74, 6) is 0.766. The van der Waals surface area contributed by atoms with Crippen LogP contribution in [-0.2, 0) is 12.8 Å². The Balaban J connectivity index is 2.00. The molecule has 0 radical (unpaired) electrons. The Morgan fingerprint density at radius 3 is 2.65 bits per heavy atom. The van der Waals surface area contributed by atoms with Crippen molar-refractivity contribution in [3.8, 4) is 0 Å². The van der Waals surface area contributed by atoms with E-state index in [2.05, 4.69) is 0 Å². The minimum atomic E-state index is -0.514. The number of aliphatic hydroxyl groups excluding tert-OH is 1. The molecule has 4 heteroatoms. The number of hydrogen-bond acceptors (Lipinski definition) is 2. The van der Waals surface area contributed by atoms with Crippen LogP contribution in [0, 0.1) is 0 Å². The Labute approximate surface area is 110 Å². The second kappa shape index (κ2) is 5.58. The second-order valence-electron chi connectivity index (χ2n) is 3.88. The quantitative estimate of drug-likeness (QED) is 0.919. The highest BCUT2D eigenvalue weighted by Gasteiger charge is 2.11. The molecule has 2 nitrogen and oxygen atoms in total. The summed E-state index contributed by atoms with van der Waals surface area (Å²) in [5, 5.41) is 11.1. The van der Waals surface area contributed by atoms with E-state index in [1.165, 1.54) is 0 Å². The number of furan rings is 1. The van der Waals surface area contributed by atoms with Gasteiger partial charge in [0.05, 0.1) is 12.4 Å². The summed E-state index contributed by atoms with van der Waals surface area (Å²) in [4.78, 5) is 0. The Morgan fingerprint density at radius 2 is 2.00 bits per heavy atom. The molecule has 0 bridgehead atoms. The monoisotopic (exact) mass is 270 g/mol. The van der Waals surface area contributed by atoms with Gasteiger partial charge >= 0.3 is 0 Å². The van der Waals surface area contributed by atoms with Crippen molar-refractivity contribution in [3.05, 3.63) is 58.0 Å². The molecule has 2 aromatic rings. The maximum absolute atomic E-state index is 9.92. The number of hydrogen-bond donors (Lipinski definition) is 1. The highest BCUT2D eigenvalue weighted by atomic mass is 35.5. The Hall–Kier alpha value is -0.960. The fourth-order valence-corrected chi connectivity index (χ4v) is 2.16. The van der Waals surface area contributed by atoms with E-state index in [1.807, 2.05) is 12.1 Å². The Morgan fingerprint density at radius 1 is 1.18 bits per heavy atom. The van der Waals surface area contributed by atoms with E-state index in [4.69, 9.17) is 27.6 Å². The number of halogens is 2. The van der Waals surface area contributed by atoms with E-state index >= 15 is 0 Å². The van der Waals surface area contributed by atoms with Crippen molar-refractivity contribution in [1.82, 2.24) is 0 Å². The Bertz CT molecular complexity index is 480. The van der Waals surface area contributed by atoms with Gasteiger partial charge < -0.3 is 9.52 Å². The van der Waals surface area contributed by atoms with Crippen molar-refractivity contribution in [2.75, 3.05) is 0 Å². The van der Waals surface area contributed by atoms with Gasteiger partial charge in [-0.2, -0.15) is 0 Å². The highest BCUT2D eigenvalue weighted by Crippen LogP contribution is 2.22. The average molecular weight is 271 g/mol. The third-order valence-electron chi connectivity index (χ3n) is 2.49. The predicted octanol–water partition coefficient (Wildman–Crippen LogP) is 3.73. The molecule has 0 saturated heterocycles. The van der Waals surface area contributed by atoms with Crippen LogP contribution >= 0.6 is 23.2 Å². The van der Waals surface area contributed by atoms with Crippen LogP contribution in [0.2, 0.25) is 10.0 Å². The van der Waals surface area contributed by atoms with Crippen molar-refractivity contribution in [3.63, 3.8) is 0 Å². The van der Waals surface area contributed by atoms with Gasteiger partial charge in [0.2, 0.25) is 0 Å². The van der Waals surface area contributed by atoms with E-state index in [-0.39, 0.29) is 0 Å². The lowest BCUT2D eigenvalue weighted by Crippen LogP contribution is -2.13. The summed E-state index contributed by atoms with van der Waals surface area (Å²) in [6.07, 6.45) is 2.04. The highest BCUT2D eigenvalue weighted by molar-refractivity contribution is 6.35. The molecular formula is C13H12Cl2O2. The maximum atomic E-state index is 9.92. The average Bonchev–Trinajstić information content (AvgIpc) is 2.75. The molecule has 2 rings (SSSR count). The van der Waals surface area contributed by atoms with Crippen LogP contribution < -0.4 is 0 Å². The van der Waals surface area contributed by atoms with Gasteiger partial charge in [-0.3, -0.25) is 0 Å². The van der Waals surface area contributed by atoms with E-state index in [9.17, 15) is 5.11 Å². The lowest BCUT2D eigenvalue weighted by atomic mass is 10.0. The maximum Gasteiger partial charge on any atom is 0.106 e. The molecule has 90 valence electrons. The van der Waals surface area contributed by atoms with Crippen molar-refractivity contribution in [2.45, 2.75) is 18.9 Å². The van der Waals surface area contributed by atoms with Crippen molar-refractivity contribution in [1.29, 1.82) is 0 Å². The van der Waals surface area contributed by atoms with Crippen molar-refractivity contribution in [2.24, 2.45) is 0 Å². The summed E-state index contributed by atoms with van der Waals surface area (Å²) >= 11 is 11.8. The minimum Gasteiger partial charge on any atom is -0.469 e. The molecule has 0 aliphatic rings. The van der Waals surface area contributed by atoms with E-state index in [0.717, 1.165) is 11.3 Å². The smallest absolute Gasteiger partial charge is 0.106 e. The second-order valence-corrected chi connectivity index (χ2v) is 4.72. The molecule has 0 fully saturated rings. The zero-order chi connectivity index (χ0) is 12.3. The summed E-state index contributed by atoms with van der Waals surface area (Å²) < 4.78 is 5.18. The van der Waals surface area contributed by atoms with Gasteiger partial charge in [0, 0.05) is 22.9 Å². The minimum absolute atomic E-state index is 0.478. The zero-order valence-corrected chi connectivity index (χ0v) is 10.6. The lowest BCUT2D eigenvalue weighted by Gasteiger charge is -2.10. The van der Waals surface area contributed by atoms with Gasteiger partial charge in [-0.05, 0) is 29.8 Å². The molecule has 1 unspecified atom stereocenters. The number of aliphatic hydroxyl groups is 1. The normalized spacial score (nSPS) is 12.6. The molecule has 0 spiro atoms. The van der Waals surface area contributed by atoms with E-state index in [0.29, 0.717) is 22.9 Å². The van der Waals surface area contributed by atoms with Gasteiger partial charge in [0.25, 0.3) is 0 Å². The van der Waals surface area contributed by atoms with Crippen LogP contribution in [0.15, 0.2) is 41.0 Å². The van der Waals surface area contributed by atoms with Crippen LogP contribution in [0.5, 0.6) is 0 Å². The molecule has 1 aromatic heterocycles. The van der Waals surface area contributed by atoms with E-state index in [1.54, 1.807) is 24.5 Å². The van der Waals surface area contributed by atoms with Gasteiger partial charge in [0.15, 0.2) is 0 Å². The fraction of sp³-hybridized carbons (Fsp3) is 0.231. The summed E-state index contributed by atoms with van der Waals surface area (Å²) in [6.45, 7) is 0. The predicted molar refractivity (Wildman–Crippen MR) is 68.6 cm³/mol. The molecule has 1 heterocycles. The molecule has 0 saturated carbocycles. The molecule has 1 N–H and O–H groups in total. The van der Waals surface area contributed by atoms with Crippen LogP contribution in [-0.4, -0.2) is 11.2 Å². The SMILES string of the molecule is OC(Cc1ccco1)Cc1ccc(Cl)cc1Cl. The molecule has 17 heavy (non-hydrogen) atoms. The first kappa shape index (κ1) is 12.5. The first-order valence-corrected chi connectivity index (χ1v) is 6.05.